The van der Waals surface area contributed by atoms with Crippen molar-refractivity contribution >= 4 is 22.7 Å². The number of carbonyl (C=O) groups is 2. The monoisotopic (exact) mass is 626 g/mol. The predicted molar refractivity (Wildman–Crippen MR) is 187 cm³/mol. The fraction of sp³-hybridized carbons (Fsp3) is 0.275. The topological polar surface area (TPSA) is 83.6 Å². The number of rotatable bonds is 13. The maximum absolute atomic E-state index is 14.2. The molecule has 1 aromatic heterocycles. The lowest BCUT2D eigenvalue weighted by molar-refractivity contribution is -0.120. The molecule has 1 unspecified atom stereocenters. The van der Waals surface area contributed by atoms with Crippen LogP contribution >= 0.6 is 0 Å². The molecule has 0 bridgehead atoms. The first-order valence-electron chi connectivity index (χ1n) is 16.6. The minimum Gasteiger partial charge on any atom is -0.489 e. The van der Waals surface area contributed by atoms with E-state index in [1.807, 2.05) is 103 Å². The Bertz CT molecular complexity index is 1800. The van der Waals surface area contributed by atoms with Crippen molar-refractivity contribution in [2.24, 2.45) is 0 Å². The fourth-order valence-corrected chi connectivity index (χ4v) is 6.33. The summed E-state index contributed by atoms with van der Waals surface area (Å²) in [6.07, 6.45) is 3.50. The summed E-state index contributed by atoms with van der Waals surface area (Å²) in [7, 11) is 0. The van der Waals surface area contributed by atoms with Crippen molar-refractivity contribution in [3.63, 3.8) is 0 Å². The minimum atomic E-state index is -0.231. The average Bonchev–Trinajstić information content (AvgIpc) is 3.63. The smallest absolute Gasteiger partial charge is 0.256 e. The summed E-state index contributed by atoms with van der Waals surface area (Å²) in [5.41, 5.74) is 5.86. The Hall–Kier alpha value is -5.01. The van der Waals surface area contributed by atoms with Crippen LogP contribution in [0.5, 0.6) is 5.75 Å². The molecule has 6 rings (SSSR count). The minimum absolute atomic E-state index is 0.0611. The third kappa shape index (κ3) is 7.87. The first-order valence-corrected chi connectivity index (χ1v) is 16.6. The number of pyridine rings is 1. The number of hydrogen-bond acceptors (Lipinski definition) is 5. The van der Waals surface area contributed by atoms with Crippen LogP contribution in [0.25, 0.3) is 22.2 Å². The van der Waals surface area contributed by atoms with Gasteiger partial charge >= 0.3 is 0 Å². The fourth-order valence-electron chi connectivity index (χ4n) is 6.33. The molecule has 2 N–H and O–H groups in total. The summed E-state index contributed by atoms with van der Waals surface area (Å²) >= 11 is 0. The van der Waals surface area contributed by atoms with Gasteiger partial charge in [-0.1, -0.05) is 110 Å². The molecule has 240 valence electrons. The molecule has 5 aromatic rings. The highest BCUT2D eigenvalue weighted by Gasteiger charge is 2.25. The van der Waals surface area contributed by atoms with Crippen LogP contribution < -0.4 is 15.4 Å². The molecule has 0 radical (unpaired) electrons. The van der Waals surface area contributed by atoms with Crippen LogP contribution in [0.1, 0.15) is 59.3 Å². The largest absolute Gasteiger partial charge is 0.489 e. The first kappa shape index (κ1) is 32.0. The van der Waals surface area contributed by atoms with Gasteiger partial charge in [-0.3, -0.25) is 14.5 Å². The van der Waals surface area contributed by atoms with Crippen LogP contribution in [-0.2, 0) is 17.8 Å². The molecule has 0 spiro atoms. The molecule has 7 nitrogen and oxygen atoms in total. The average molecular weight is 627 g/mol. The van der Waals surface area contributed by atoms with E-state index < -0.39 is 0 Å². The van der Waals surface area contributed by atoms with Crippen molar-refractivity contribution in [3.8, 4) is 17.0 Å². The molecule has 2 amide bonds. The van der Waals surface area contributed by atoms with E-state index in [-0.39, 0.29) is 31.0 Å². The van der Waals surface area contributed by atoms with Crippen LogP contribution in [0.3, 0.4) is 0 Å². The number of hydrogen-bond donors (Lipinski definition) is 2. The van der Waals surface area contributed by atoms with Gasteiger partial charge < -0.3 is 15.4 Å². The van der Waals surface area contributed by atoms with Gasteiger partial charge in [0.05, 0.1) is 30.1 Å². The normalized spacial score (nSPS) is 13.7. The lowest BCUT2D eigenvalue weighted by atomic mass is 10.00. The van der Waals surface area contributed by atoms with Crippen molar-refractivity contribution in [1.82, 2.24) is 20.5 Å². The molecule has 1 saturated heterocycles. The summed E-state index contributed by atoms with van der Waals surface area (Å²) in [4.78, 5) is 34.7. The number of nitrogens with one attached hydrogen (secondary N) is 2. The first-order chi connectivity index (χ1) is 23.1. The van der Waals surface area contributed by atoms with Crippen LogP contribution in [0.2, 0.25) is 0 Å². The SMILES string of the molecule is CCC(NC(=O)c1c(OCCNC(=O)Cc2ccccc2CN2CCCC2)c(-c2ccccc2)nc2ccccc12)c1ccccc1. The molecule has 47 heavy (non-hydrogen) atoms. The highest BCUT2D eigenvalue weighted by atomic mass is 16.5. The highest BCUT2D eigenvalue weighted by Crippen LogP contribution is 2.37. The van der Waals surface area contributed by atoms with Gasteiger partial charge in [-0.05, 0) is 55.1 Å². The third-order valence-electron chi connectivity index (χ3n) is 8.77. The number of amides is 2. The van der Waals surface area contributed by atoms with Crippen LogP contribution in [-0.4, -0.2) is 47.9 Å². The molecule has 7 heteroatoms. The molecule has 1 fully saturated rings. The second-order valence-electron chi connectivity index (χ2n) is 12.0. The molecule has 4 aromatic carbocycles. The second-order valence-corrected chi connectivity index (χ2v) is 12.0. The third-order valence-corrected chi connectivity index (χ3v) is 8.77. The number of ether oxygens (including phenoxy) is 1. The number of nitrogens with zero attached hydrogens (tertiary/aromatic N) is 2. The zero-order valence-corrected chi connectivity index (χ0v) is 27.0. The lowest BCUT2D eigenvalue weighted by Gasteiger charge is -2.21. The van der Waals surface area contributed by atoms with Gasteiger partial charge in [0.25, 0.3) is 5.91 Å². The van der Waals surface area contributed by atoms with Gasteiger partial charge in [0.2, 0.25) is 5.91 Å². The Labute approximate surface area is 277 Å². The van der Waals surface area contributed by atoms with Gasteiger partial charge in [-0.15, -0.1) is 0 Å². The number of likely N-dealkylation sites (tertiary alicyclic amines) is 1. The summed E-state index contributed by atoms with van der Waals surface area (Å²) in [5, 5.41) is 7.00. The number of carbonyl (C=O) groups excluding carboxylic acids is 2. The van der Waals surface area contributed by atoms with E-state index in [0.717, 1.165) is 42.7 Å². The maximum Gasteiger partial charge on any atom is 0.256 e. The summed E-state index contributed by atoms with van der Waals surface area (Å²) in [5.74, 6) is 0.111. The van der Waals surface area contributed by atoms with Gasteiger partial charge in [-0.2, -0.15) is 0 Å². The standard InChI is InChI=1S/C40H42N4O3/c1-2-34(29-15-5-3-6-16-29)43-40(46)37-33-21-11-12-22-35(33)42-38(30-17-7-4-8-18-30)39(37)47-26-23-41-36(45)27-31-19-9-10-20-32(31)28-44-24-13-14-25-44/h3-12,15-22,34H,2,13-14,23-28H2,1H3,(H,41,45)(H,43,46). The van der Waals surface area contributed by atoms with Crippen LogP contribution in [0, 0.1) is 0 Å². The van der Waals surface area contributed by atoms with Gasteiger partial charge in [0.1, 0.15) is 12.3 Å². The van der Waals surface area contributed by atoms with E-state index in [1.54, 1.807) is 0 Å². The summed E-state index contributed by atoms with van der Waals surface area (Å²) in [6, 6.07) is 35.4. The zero-order chi connectivity index (χ0) is 32.4. The molecule has 0 saturated carbocycles. The van der Waals surface area contributed by atoms with Crippen molar-refractivity contribution in [1.29, 1.82) is 0 Å². The van der Waals surface area contributed by atoms with Crippen LogP contribution in [0.15, 0.2) is 109 Å². The van der Waals surface area contributed by atoms with E-state index in [2.05, 4.69) is 28.5 Å². The molecule has 2 heterocycles. The molecule has 0 aliphatic carbocycles. The number of benzene rings is 4. The second kappa shape index (κ2) is 15.5. The summed E-state index contributed by atoms with van der Waals surface area (Å²) in [6.45, 7) is 5.62. The van der Waals surface area contributed by atoms with Gasteiger partial charge in [0.15, 0.2) is 5.75 Å². The van der Waals surface area contributed by atoms with Crippen molar-refractivity contribution in [2.45, 2.75) is 45.2 Å². The predicted octanol–water partition coefficient (Wildman–Crippen LogP) is 7.12. The number of para-hydroxylation sites is 1. The Kier molecular flexibility index (Phi) is 10.6. The maximum atomic E-state index is 14.2. The highest BCUT2D eigenvalue weighted by molar-refractivity contribution is 6.10. The van der Waals surface area contributed by atoms with Gasteiger partial charge in [0, 0.05) is 17.5 Å². The van der Waals surface area contributed by atoms with E-state index >= 15 is 0 Å². The Balaban J connectivity index is 1.23. The molecule has 1 aliphatic heterocycles. The number of aromatic nitrogens is 1. The molecule has 1 aliphatic rings. The van der Waals surface area contributed by atoms with E-state index in [1.165, 1.54) is 18.4 Å². The Morgan fingerprint density at radius 2 is 1.49 bits per heavy atom. The molecular formula is C40H42N4O3. The summed E-state index contributed by atoms with van der Waals surface area (Å²) < 4.78 is 6.44. The Morgan fingerprint density at radius 3 is 2.23 bits per heavy atom. The molecular weight excluding hydrogens is 584 g/mol. The lowest BCUT2D eigenvalue weighted by Crippen LogP contribution is -2.31. The van der Waals surface area contributed by atoms with E-state index in [9.17, 15) is 9.59 Å². The van der Waals surface area contributed by atoms with Crippen molar-refractivity contribution in [2.75, 3.05) is 26.2 Å². The zero-order valence-electron chi connectivity index (χ0n) is 27.0. The quantitative estimate of drug-likeness (QED) is 0.136. The van der Waals surface area contributed by atoms with Gasteiger partial charge in [-0.25, -0.2) is 4.98 Å². The number of fused-ring (bicyclic) bond motifs is 1. The molecule has 1 atom stereocenters. The van der Waals surface area contributed by atoms with Crippen molar-refractivity contribution in [3.05, 3.63) is 131 Å². The van der Waals surface area contributed by atoms with Crippen LogP contribution in [0.4, 0.5) is 0 Å². The Morgan fingerprint density at radius 1 is 0.830 bits per heavy atom. The van der Waals surface area contributed by atoms with E-state index in [4.69, 9.17) is 9.72 Å². The van der Waals surface area contributed by atoms with E-state index in [0.29, 0.717) is 34.3 Å². The van der Waals surface area contributed by atoms with Crippen molar-refractivity contribution < 1.29 is 14.3 Å².